The number of ether oxygens (including phenoxy) is 2. The second kappa shape index (κ2) is 8.43. The Hall–Kier alpha value is -3.55. The molecule has 3 rings (SSSR count). The number of carbonyl (C=O) groups excluding carboxylic acids is 3. The summed E-state index contributed by atoms with van der Waals surface area (Å²) >= 11 is 0. The minimum atomic E-state index is -0.798. The number of nitrogens with one attached hydrogen (secondary N) is 2. The van der Waals surface area contributed by atoms with Gasteiger partial charge in [0.2, 0.25) is 0 Å². The van der Waals surface area contributed by atoms with E-state index in [1.807, 2.05) is 0 Å². The van der Waals surface area contributed by atoms with Gasteiger partial charge in [-0.2, -0.15) is 0 Å². The van der Waals surface area contributed by atoms with Crippen LogP contribution in [0.4, 0.5) is 16.2 Å². The monoisotopic (exact) mass is 383 g/mol. The van der Waals surface area contributed by atoms with Crippen LogP contribution >= 0.6 is 0 Å². The fourth-order valence-corrected chi connectivity index (χ4v) is 2.86. The molecule has 8 heteroatoms. The average Bonchev–Trinajstić information content (AvgIpc) is 2.72. The number of para-hydroxylation sites is 2. The van der Waals surface area contributed by atoms with Gasteiger partial charge in [-0.15, -0.1) is 0 Å². The van der Waals surface area contributed by atoms with Crippen LogP contribution in [0.15, 0.2) is 48.5 Å². The standard InChI is InChI=1S/C20H21N3O5/c1-3-27-20(26)22-14-10-8-13(9-11-14)19(25)23-12-17(18(24)21-2)28-16-7-5-4-6-15(16)23/h4-11,17H,3,12H2,1-2H3,(H,21,24)(H,22,26)/t17-/m1/s1. The molecule has 0 spiro atoms. The minimum absolute atomic E-state index is 0.0956. The van der Waals surface area contributed by atoms with E-state index < -0.39 is 12.2 Å². The number of benzene rings is 2. The molecule has 0 aliphatic carbocycles. The number of likely N-dealkylation sites (N-methyl/N-ethyl adjacent to an activating group) is 1. The molecule has 0 unspecified atom stereocenters. The van der Waals surface area contributed by atoms with E-state index in [0.717, 1.165) is 0 Å². The highest BCUT2D eigenvalue weighted by Crippen LogP contribution is 2.34. The first-order valence-electron chi connectivity index (χ1n) is 8.86. The van der Waals surface area contributed by atoms with Gasteiger partial charge >= 0.3 is 6.09 Å². The third-order valence-corrected chi connectivity index (χ3v) is 4.21. The maximum atomic E-state index is 13.1. The van der Waals surface area contributed by atoms with Gasteiger partial charge in [0.1, 0.15) is 5.75 Å². The molecule has 0 fully saturated rings. The Morgan fingerprint density at radius 2 is 1.86 bits per heavy atom. The first-order valence-corrected chi connectivity index (χ1v) is 8.86. The summed E-state index contributed by atoms with van der Waals surface area (Å²) in [6.07, 6.45) is -1.36. The molecular weight excluding hydrogens is 362 g/mol. The zero-order valence-electron chi connectivity index (χ0n) is 15.6. The van der Waals surface area contributed by atoms with E-state index in [-0.39, 0.29) is 25.0 Å². The first kappa shape index (κ1) is 19.2. The molecule has 2 N–H and O–H groups in total. The van der Waals surface area contributed by atoms with E-state index >= 15 is 0 Å². The summed E-state index contributed by atoms with van der Waals surface area (Å²) in [5.74, 6) is -0.107. The summed E-state index contributed by atoms with van der Waals surface area (Å²) in [5, 5.41) is 5.12. The lowest BCUT2D eigenvalue weighted by Crippen LogP contribution is -2.50. The zero-order valence-corrected chi connectivity index (χ0v) is 15.6. The van der Waals surface area contributed by atoms with E-state index in [9.17, 15) is 14.4 Å². The molecule has 0 bridgehead atoms. The SMILES string of the molecule is CCOC(=O)Nc1ccc(C(=O)N2C[C@H](C(=O)NC)Oc3ccccc32)cc1. The van der Waals surface area contributed by atoms with Gasteiger partial charge in [-0.3, -0.25) is 14.9 Å². The summed E-state index contributed by atoms with van der Waals surface area (Å²) < 4.78 is 10.5. The van der Waals surface area contributed by atoms with Crippen molar-refractivity contribution >= 4 is 29.3 Å². The van der Waals surface area contributed by atoms with Gasteiger partial charge in [0.05, 0.1) is 18.8 Å². The van der Waals surface area contributed by atoms with Crippen molar-refractivity contribution in [3.05, 3.63) is 54.1 Å². The van der Waals surface area contributed by atoms with Gasteiger partial charge in [0.15, 0.2) is 6.10 Å². The van der Waals surface area contributed by atoms with Crippen LogP contribution in [-0.2, 0) is 9.53 Å². The second-order valence-electron chi connectivity index (χ2n) is 6.03. The number of nitrogens with zero attached hydrogens (tertiary/aromatic N) is 1. The molecule has 1 heterocycles. The third kappa shape index (κ3) is 4.06. The maximum Gasteiger partial charge on any atom is 0.411 e. The summed E-state index contributed by atoms with van der Waals surface area (Å²) in [6.45, 7) is 2.08. The van der Waals surface area contributed by atoms with Crippen LogP contribution in [0.3, 0.4) is 0 Å². The summed E-state index contributed by atoms with van der Waals surface area (Å²) in [7, 11) is 1.52. The van der Waals surface area contributed by atoms with E-state index in [1.54, 1.807) is 55.5 Å². The Morgan fingerprint density at radius 1 is 1.14 bits per heavy atom. The summed E-state index contributed by atoms with van der Waals surface area (Å²) in [4.78, 5) is 38.1. The molecule has 0 saturated heterocycles. The molecule has 8 nitrogen and oxygen atoms in total. The topological polar surface area (TPSA) is 97.0 Å². The predicted molar refractivity (Wildman–Crippen MR) is 104 cm³/mol. The van der Waals surface area contributed by atoms with E-state index in [1.165, 1.54) is 11.9 Å². The van der Waals surface area contributed by atoms with Crippen LogP contribution in [0.25, 0.3) is 0 Å². The van der Waals surface area contributed by atoms with Crippen molar-refractivity contribution in [1.29, 1.82) is 0 Å². The normalized spacial score (nSPS) is 15.1. The van der Waals surface area contributed by atoms with Gasteiger partial charge in [0.25, 0.3) is 11.8 Å². The zero-order chi connectivity index (χ0) is 20.1. The molecule has 1 aliphatic heterocycles. The molecule has 0 radical (unpaired) electrons. The summed E-state index contributed by atoms with van der Waals surface area (Å²) in [5.41, 5.74) is 1.53. The highest BCUT2D eigenvalue weighted by atomic mass is 16.5. The smallest absolute Gasteiger partial charge is 0.411 e. The maximum absolute atomic E-state index is 13.1. The van der Waals surface area contributed by atoms with Crippen LogP contribution in [0.1, 0.15) is 17.3 Å². The Bertz CT molecular complexity index is 882. The largest absolute Gasteiger partial charge is 0.477 e. The number of rotatable bonds is 4. The van der Waals surface area contributed by atoms with Crippen molar-refractivity contribution in [2.24, 2.45) is 0 Å². The summed E-state index contributed by atoms with van der Waals surface area (Å²) in [6, 6.07) is 13.5. The number of fused-ring (bicyclic) bond motifs is 1. The third-order valence-electron chi connectivity index (χ3n) is 4.21. The lowest BCUT2D eigenvalue weighted by molar-refractivity contribution is -0.127. The van der Waals surface area contributed by atoms with Gasteiger partial charge in [0, 0.05) is 18.3 Å². The fraction of sp³-hybridized carbons (Fsp3) is 0.250. The molecule has 1 atom stereocenters. The second-order valence-corrected chi connectivity index (χ2v) is 6.03. The average molecular weight is 383 g/mol. The molecule has 2 aromatic rings. The minimum Gasteiger partial charge on any atom is -0.477 e. The van der Waals surface area contributed by atoms with E-state index in [0.29, 0.717) is 22.7 Å². The number of carbonyl (C=O) groups is 3. The molecule has 3 amide bonds. The number of anilines is 2. The number of amides is 3. The van der Waals surface area contributed by atoms with Crippen LogP contribution in [0.2, 0.25) is 0 Å². The van der Waals surface area contributed by atoms with Crippen LogP contribution < -0.4 is 20.3 Å². The van der Waals surface area contributed by atoms with Gasteiger partial charge in [-0.05, 0) is 43.3 Å². The Balaban J connectivity index is 1.82. The van der Waals surface area contributed by atoms with Crippen LogP contribution in [-0.4, -0.2) is 44.2 Å². The Labute approximate surface area is 162 Å². The highest BCUT2D eigenvalue weighted by molar-refractivity contribution is 6.08. The molecule has 146 valence electrons. The molecule has 2 aromatic carbocycles. The van der Waals surface area contributed by atoms with Crippen LogP contribution in [0, 0.1) is 0 Å². The lowest BCUT2D eigenvalue weighted by atomic mass is 10.1. The lowest BCUT2D eigenvalue weighted by Gasteiger charge is -2.34. The molecular formula is C20H21N3O5. The number of hydrogen-bond acceptors (Lipinski definition) is 5. The molecule has 28 heavy (non-hydrogen) atoms. The van der Waals surface area contributed by atoms with Crippen molar-refractivity contribution in [1.82, 2.24) is 5.32 Å². The van der Waals surface area contributed by atoms with Gasteiger partial charge in [-0.1, -0.05) is 12.1 Å². The Morgan fingerprint density at radius 3 is 2.54 bits per heavy atom. The van der Waals surface area contributed by atoms with Crippen molar-refractivity contribution in [2.75, 3.05) is 30.4 Å². The quantitative estimate of drug-likeness (QED) is 0.845. The highest BCUT2D eigenvalue weighted by Gasteiger charge is 2.33. The fourth-order valence-electron chi connectivity index (χ4n) is 2.86. The molecule has 0 saturated carbocycles. The van der Waals surface area contributed by atoms with Gasteiger partial charge in [-0.25, -0.2) is 4.79 Å². The van der Waals surface area contributed by atoms with Crippen LogP contribution in [0.5, 0.6) is 5.75 Å². The van der Waals surface area contributed by atoms with Crippen molar-refractivity contribution in [2.45, 2.75) is 13.0 Å². The van der Waals surface area contributed by atoms with E-state index in [2.05, 4.69) is 10.6 Å². The van der Waals surface area contributed by atoms with Crippen molar-refractivity contribution in [3.63, 3.8) is 0 Å². The van der Waals surface area contributed by atoms with Gasteiger partial charge < -0.3 is 19.7 Å². The van der Waals surface area contributed by atoms with Crippen molar-refractivity contribution in [3.8, 4) is 5.75 Å². The molecule has 1 aliphatic rings. The van der Waals surface area contributed by atoms with E-state index in [4.69, 9.17) is 9.47 Å². The predicted octanol–water partition coefficient (Wildman–Crippen LogP) is 2.41. The Kier molecular flexibility index (Phi) is 5.78. The number of hydrogen-bond donors (Lipinski definition) is 2. The first-order chi connectivity index (χ1) is 13.5. The molecule has 0 aromatic heterocycles. The van der Waals surface area contributed by atoms with Crippen molar-refractivity contribution < 1.29 is 23.9 Å².